The van der Waals surface area contributed by atoms with Crippen LogP contribution in [0.2, 0.25) is 0 Å². The third-order valence-electron chi connectivity index (χ3n) is 3.70. The molecule has 0 aromatic carbocycles. The molecular weight excluding hydrogens is 260 g/mol. The van der Waals surface area contributed by atoms with Gasteiger partial charge in [-0.3, -0.25) is 4.79 Å². The second-order valence-electron chi connectivity index (χ2n) is 4.92. The van der Waals surface area contributed by atoms with Crippen LogP contribution >= 0.6 is 11.3 Å². The molecule has 0 N–H and O–H groups in total. The van der Waals surface area contributed by atoms with Crippen molar-refractivity contribution in [2.45, 2.75) is 51.5 Å². The van der Waals surface area contributed by atoms with Gasteiger partial charge in [0.25, 0.3) is 0 Å². The summed E-state index contributed by atoms with van der Waals surface area (Å²) in [6, 6.07) is 0.657. The van der Waals surface area contributed by atoms with Crippen LogP contribution in [0.1, 0.15) is 44.7 Å². The molecule has 1 aliphatic carbocycles. The second-order valence-corrected chi connectivity index (χ2v) is 5.76. The number of aryl methyl sites for hydroxylation is 1. The quantitative estimate of drug-likeness (QED) is 0.752. The van der Waals surface area contributed by atoms with Crippen molar-refractivity contribution in [1.82, 2.24) is 4.98 Å². The van der Waals surface area contributed by atoms with E-state index in [0.717, 1.165) is 17.4 Å². The van der Waals surface area contributed by atoms with E-state index in [1.807, 2.05) is 0 Å². The van der Waals surface area contributed by atoms with Gasteiger partial charge in [-0.15, -0.1) is 11.3 Å². The van der Waals surface area contributed by atoms with E-state index in [-0.39, 0.29) is 5.97 Å². The summed E-state index contributed by atoms with van der Waals surface area (Å²) < 4.78 is 4.65. The van der Waals surface area contributed by atoms with Crippen LogP contribution in [0.5, 0.6) is 0 Å². The lowest BCUT2D eigenvalue weighted by atomic mass is 10.2. The molecule has 0 aliphatic heterocycles. The Hall–Kier alpha value is -1.10. The van der Waals surface area contributed by atoms with Gasteiger partial charge >= 0.3 is 5.97 Å². The first-order chi connectivity index (χ1) is 9.24. The molecule has 2 rings (SSSR count). The fraction of sp³-hybridized carbons (Fsp3) is 0.714. The zero-order valence-corrected chi connectivity index (χ0v) is 12.5. The number of anilines is 1. The van der Waals surface area contributed by atoms with Gasteiger partial charge < -0.3 is 9.64 Å². The van der Waals surface area contributed by atoms with Crippen molar-refractivity contribution in [2.75, 3.05) is 18.6 Å². The molecule has 1 aromatic heterocycles. The van der Waals surface area contributed by atoms with Gasteiger partial charge in [0.2, 0.25) is 0 Å². The Morgan fingerprint density at radius 2 is 2.26 bits per heavy atom. The van der Waals surface area contributed by atoms with Crippen LogP contribution in [0, 0.1) is 0 Å². The molecule has 1 aromatic rings. The number of methoxy groups -OCH3 is 1. The zero-order chi connectivity index (χ0) is 13.7. The van der Waals surface area contributed by atoms with Crippen molar-refractivity contribution in [3.8, 4) is 0 Å². The first-order valence-corrected chi connectivity index (χ1v) is 7.90. The van der Waals surface area contributed by atoms with E-state index >= 15 is 0 Å². The average molecular weight is 282 g/mol. The topological polar surface area (TPSA) is 42.4 Å². The molecule has 0 atom stereocenters. The summed E-state index contributed by atoms with van der Waals surface area (Å²) in [6.45, 7) is 3.20. The Morgan fingerprint density at radius 1 is 1.53 bits per heavy atom. The molecule has 1 saturated carbocycles. The molecular formula is C14H22N2O2S. The van der Waals surface area contributed by atoms with Crippen molar-refractivity contribution >= 4 is 22.4 Å². The van der Waals surface area contributed by atoms with Crippen molar-refractivity contribution in [3.05, 3.63) is 11.1 Å². The molecule has 106 valence electrons. The number of ether oxygens (including phenoxy) is 1. The summed E-state index contributed by atoms with van der Waals surface area (Å²) in [5.41, 5.74) is 1.00. The fourth-order valence-corrected chi connectivity index (χ4v) is 3.64. The molecule has 5 heteroatoms. The van der Waals surface area contributed by atoms with Gasteiger partial charge in [-0.1, -0.05) is 12.8 Å². The van der Waals surface area contributed by atoms with Crippen molar-refractivity contribution in [2.24, 2.45) is 0 Å². The maximum absolute atomic E-state index is 11.1. The summed E-state index contributed by atoms with van der Waals surface area (Å²) in [5, 5.41) is 3.17. The van der Waals surface area contributed by atoms with Crippen LogP contribution in [0.4, 0.5) is 5.13 Å². The minimum absolute atomic E-state index is 0.169. The monoisotopic (exact) mass is 282 g/mol. The minimum atomic E-state index is -0.169. The Bertz CT molecular complexity index is 413. The summed E-state index contributed by atoms with van der Waals surface area (Å²) >= 11 is 1.69. The molecule has 0 spiro atoms. The summed E-state index contributed by atoms with van der Waals surface area (Å²) in [7, 11) is 1.42. The molecule has 1 aliphatic rings. The SMILES string of the molecule is CCN(c1nc(CCC(=O)OC)cs1)C1CCCC1. The molecule has 0 unspecified atom stereocenters. The smallest absolute Gasteiger partial charge is 0.305 e. The Kier molecular flexibility index (Phi) is 5.19. The molecule has 0 bridgehead atoms. The van der Waals surface area contributed by atoms with Gasteiger partial charge in [-0.05, 0) is 19.8 Å². The van der Waals surface area contributed by atoms with Gasteiger partial charge in [-0.25, -0.2) is 4.98 Å². The number of hydrogen-bond donors (Lipinski definition) is 0. The van der Waals surface area contributed by atoms with E-state index in [1.54, 1.807) is 11.3 Å². The highest BCUT2D eigenvalue weighted by Crippen LogP contribution is 2.30. The Morgan fingerprint density at radius 3 is 2.89 bits per heavy atom. The number of hydrogen-bond acceptors (Lipinski definition) is 5. The zero-order valence-electron chi connectivity index (χ0n) is 11.7. The van der Waals surface area contributed by atoms with E-state index in [4.69, 9.17) is 0 Å². The van der Waals surface area contributed by atoms with E-state index in [2.05, 4.69) is 26.9 Å². The number of esters is 1. The molecule has 0 saturated heterocycles. The van der Waals surface area contributed by atoms with E-state index < -0.39 is 0 Å². The number of carbonyl (C=O) groups excluding carboxylic acids is 1. The molecule has 1 heterocycles. The van der Waals surface area contributed by atoms with Gasteiger partial charge in [0, 0.05) is 24.4 Å². The molecule has 19 heavy (non-hydrogen) atoms. The molecule has 0 amide bonds. The third-order valence-corrected chi connectivity index (χ3v) is 4.63. The highest BCUT2D eigenvalue weighted by Gasteiger charge is 2.23. The van der Waals surface area contributed by atoms with Crippen LogP contribution in [0.25, 0.3) is 0 Å². The van der Waals surface area contributed by atoms with Crippen molar-refractivity contribution < 1.29 is 9.53 Å². The van der Waals surface area contributed by atoms with Gasteiger partial charge in [-0.2, -0.15) is 0 Å². The first-order valence-electron chi connectivity index (χ1n) is 7.02. The highest BCUT2D eigenvalue weighted by atomic mass is 32.1. The van der Waals surface area contributed by atoms with Crippen LogP contribution in [0.15, 0.2) is 5.38 Å². The maximum Gasteiger partial charge on any atom is 0.305 e. The predicted octanol–water partition coefficient (Wildman–Crippen LogP) is 3.02. The standard InChI is InChI=1S/C14H22N2O2S/c1-3-16(12-6-4-5-7-12)14-15-11(10-19-14)8-9-13(17)18-2/h10,12H,3-9H2,1-2H3. The van der Waals surface area contributed by atoms with Crippen LogP contribution in [0.3, 0.4) is 0 Å². The largest absolute Gasteiger partial charge is 0.469 e. The number of nitrogens with zero attached hydrogens (tertiary/aromatic N) is 2. The third kappa shape index (κ3) is 3.69. The number of aromatic nitrogens is 1. The Labute approximate surface area is 118 Å². The summed E-state index contributed by atoms with van der Waals surface area (Å²) in [6.07, 6.45) is 6.32. The fourth-order valence-electron chi connectivity index (χ4n) is 2.64. The average Bonchev–Trinajstić information content (AvgIpc) is 3.09. The maximum atomic E-state index is 11.1. The lowest BCUT2D eigenvalue weighted by Crippen LogP contribution is -2.32. The molecule has 0 radical (unpaired) electrons. The van der Waals surface area contributed by atoms with Gasteiger partial charge in [0.15, 0.2) is 5.13 Å². The lowest BCUT2D eigenvalue weighted by molar-refractivity contribution is -0.140. The van der Waals surface area contributed by atoms with Crippen molar-refractivity contribution in [1.29, 1.82) is 0 Å². The van der Waals surface area contributed by atoms with E-state index in [9.17, 15) is 4.79 Å². The van der Waals surface area contributed by atoms with Crippen LogP contribution in [-0.4, -0.2) is 30.6 Å². The molecule has 4 nitrogen and oxygen atoms in total. The van der Waals surface area contributed by atoms with Crippen LogP contribution in [-0.2, 0) is 16.0 Å². The summed E-state index contributed by atoms with van der Waals surface area (Å²) in [5.74, 6) is -0.169. The van der Waals surface area contributed by atoms with Gasteiger partial charge in [0.05, 0.1) is 19.2 Å². The Balaban J connectivity index is 1.96. The predicted molar refractivity (Wildman–Crippen MR) is 77.7 cm³/mol. The highest BCUT2D eigenvalue weighted by molar-refractivity contribution is 7.13. The van der Waals surface area contributed by atoms with E-state index in [0.29, 0.717) is 18.9 Å². The lowest BCUT2D eigenvalue weighted by Gasteiger charge is -2.26. The second kappa shape index (κ2) is 6.89. The first kappa shape index (κ1) is 14.3. The van der Waals surface area contributed by atoms with Crippen molar-refractivity contribution in [3.63, 3.8) is 0 Å². The number of rotatable bonds is 6. The number of carbonyl (C=O) groups is 1. The normalized spacial score (nSPS) is 15.7. The van der Waals surface area contributed by atoms with Crippen LogP contribution < -0.4 is 4.90 Å². The number of thiazole rings is 1. The van der Waals surface area contributed by atoms with E-state index in [1.165, 1.54) is 32.8 Å². The minimum Gasteiger partial charge on any atom is -0.469 e. The summed E-state index contributed by atoms with van der Waals surface area (Å²) in [4.78, 5) is 18.2. The van der Waals surface area contributed by atoms with Gasteiger partial charge in [0.1, 0.15) is 0 Å². The molecule has 1 fully saturated rings.